The van der Waals surface area contributed by atoms with E-state index in [-0.39, 0.29) is 5.56 Å². The molecule has 0 fully saturated rings. The molecule has 1 aliphatic rings. The highest BCUT2D eigenvalue weighted by molar-refractivity contribution is 5.78. The zero-order valence-electron chi connectivity index (χ0n) is 13.6. The van der Waals surface area contributed by atoms with E-state index in [4.69, 9.17) is 4.74 Å². The molecule has 0 atom stereocenters. The van der Waals surface area contributed by atoms with Crippen molar-refractivity contribution in [2.24, 2.45) is 0 Å². The number of anilines is 1. The lowest BCUT2D eigenvalue weighted by atomic mass is 10.2. The third-order valence-electron chi connectivity index (χ3n) is 4.37. The van der Waals surface area contributed by atoms with Gasteiger partial charge in [-0.2, -0.15) is 0 Å². The number of aromatic nitrogens is 2. The van der Waals surface area contributed by atoms with Crippen LogP contribution < -0.4 is 15.2 Å². The fraction of sp³-hybridized carbons (Fsp3) is 0.263. The van der Waals surface area contributed by atoms with Gasteiger partial charge in [-0.1, -0.05) is 29.8 Å². The molecule has 2 heterocycles. The van der Waals surface area contributed by atoms with Gasteiger partial charge >= 0.3 is 0 Å². The van der Waals surface area contributed by atoms with Gasteiger partial charge in [0.1, 0.15) is 12.4 Å². The first-order chi connectivity index (χ1) is 11.7. The summed E-state index contributed by atoms with van der Waals surface area (Å²) < 4.78 is 7.56. The van der Waals surface area contributed by atoms with E-state index < -0.39 is 0 Å². The molecule has 0 bridgehead atoms. The van der Waals surface area contributed by atoms with Crippen LogP contribution >= 0.6 is 0 Å². The Kier molecular flexibility index (Phi) is 3.69. The topological polar surface area (TPSA) is 47.4 Å². The molecule has 0 amide bonds. The lowest BCUT2D eigenvalue weighted by molar-refractivity contribution is 0.324. The van der Waals surface area contributed by atoms with Crippen molar-refractivity contribution in [2.45, 2.75) is 13.5 Å². The van der Waals surface area contributed by atoms with Crippen LogP contribution in [0, 0.1) is 6.92 Å². The van der Waals surface area contributed by atoms with Crippen molar-refractivity contribution in [1.82, 2.24) is 9.55 Å². The Morgan fingerprint density at radius 3 is 2.71 bits per heavy atom. The molecule has 4 rings (SSSR count). The number of aryl methyl sites for hydroxylation is 1. The smallest absolute Gasteiger partial charge is 0.262 e. The van der Waals surface area contributed by atoms with E-state index in [9.17, 15) is 4.79 Å². The first-order valence-electron chi connectivity index (χ1n) is 8.16. The molecule has 5 nitrogen and oxygen atoms in total. The number of hydrogen-bond acceptors (Lipinski definition) is 4. The Hall–Kier alpha value is -2.82. The van der Waals surface area contributed by atoms with Gasteiger partial charge in [0.05, 0.1) is 17.4 Å². The van der Waals surface area contributed by atoms with Gasteiger partial charge in [0, 0.05) is 13.1 Å². The number of para-hydroxylation sites is 1. The lowest BCUT2D eigenvalue weighted by Gasteiger charge is -2.17. The monoisotopic (exact) mass is 321 g/mol. The number of nitrogens with zero attached hydrogens (tertiary/aromatic N) is 3. The maximum Gasteiger partial charge on any atom is 0.262 e. The lowest BCUT2D eigenvalue weighted by Crippen LogP contribution is -2.27. The highest BCUT2D eigenvalue weighted by Crippen LogP contribution is 2.20. The van der Waals surface area contributed by atoms with E-state index in [0.29, 0.717) is 25.1 Å². The van der Waals surface area contributed by atoms with Crippen LogP contribution in [0.2, 0.25) is 0 Å². The molecule has 0 aliphatic carbocycles. The van der Waals surface area contributed by atoms with Gasteiger partial charge in [0.25, 0.3) is 5.56 Å². The third kappa shape index (κ3) is 2.62. The molecule has 24 heavy (non-hydrogen) atoms. The Morgan fingerprint density at radius 2 is 1.88 bits per heavy atom. The first-order valence-corrected chi connectivity index (χ1v) is 8.16. The number of hydrogen-bond donors (Lipinski definition) is 0. The minimum absolute atomic E-state index is 0.0394. The summed E-state index contributed by atoms with van der Waals surface area (Å²) in [4.78, 5) is 19.3. The molecule has 2 aromatic carbocycles. The zero-order valence-corrected chi connectivity index (χ0v) is 13.6. The number of rotatable bonds is 4. The molecule has 1 aromatic heterocycles. The van der Waals surface area contributed by atoms with Gasteiger partial charge in [-0.05, 0) is 31.2 Å². The molecule has 5 heteroatoms. The van der Waals surface area contributed by atoms with Gasteiger partial charge in [-0.3, -0.25) is 9.36 Å². The Labute approximate surface area is 140 Å². The van der Waals surface area contributed by atoms with E-state index in [1.807, 2.05) is 48.5 Å². The number of benzene rings is 2. The van der Waals surface area contributed by atoms with Crippen molar-refractivity contribution >= 4 is 16.9 Å². The Morgan fingerprint density at radius 1 is 1.08 bits per heavy atom. The van der Waals surface area contributed by atoms with Crippen LogP contribution in [-0.2, 0) is 6.54 Å². The van der Waals surface area contributed by atoms with Crippen LogP contribution in [-0.4, -0.2) is 29.2 Å². The van der Waals surface area contributed by atoms with Crippen molar-refractivity contribution in [3.05, 3.63) is 64.4 Å². The summed E-state index contributed by atoms with van der Waals surface area (Å²) in [6.45, 7) is 4.79. The average molecular weight is 321 g/mol. The number of fused-ring (bicyclic) bond motifs is 2. The molecule has 0 unspecified atom stereocenters. The van der Waals surface area contributed by atoms with E-state index in [0.717, 1.165) is 23.8 Å². The summed E-state index contributed by atoms with van der Waals surface area (Å²) in [5.41, 5.74) is 2.00. The largest absolute Gasteiger partial charge is 0.492 e. The second kappa shape index (κ2) is 6.00. The quantitative estimate of drug-likeness (QED) is 0.741. The van der Waals surface area contributed by atoms with Gasteiger partial charge in [0.15, 0.2) is 0 Å². The average Bonchev–Trinajstić information content (AvgIpc) is 3.00. The van der Waals surface area contributed by atoms with E-state index in [2.05, 4.69) is 16.8 Å². The molecule has 3 aromatic rings. The van der Waals surface area contributed by atoms with Crippen molar-refractivity contribution in [3.8, 4) is 5.75 Å². The van der Waals surface area contributed by atoms with Gasteiger partial charge in [-0.15, -0.1) is 0 Å². The van der Waals surface area contributed by atoms with Crippen LogP contribution in [0.25, 0.3) is 10.9 Å². The molecular weight excluding hydrogens is 302 g/mol. The van der Waals surface area contributed by atoms with Crippen LogP contribution in [0.4, 0.5) is 5.95 Å². The summed E-state index contributed by atoms with van der Waals surface area (Å²) in [6.07, 6.45) is 0. The van der Waals surface area contributed by atoms with Crippen molar-refractivity contribution in [1.29, 1.82) is 0 Å². The third-order valence-corrected chi connectivity index (χ3v) is 4.37. The fourth-order valence-electron chi connectivity index (χ4n) is 3.04. The second-order valence-electron chi connectivity index (χ2n) is 6.03. The van der Waals surface area contributed by atoms with Crippen LogP contribution in [0.3, 0.4) is 0 Å². The summed E-state index contributed by atoms with van der Waals surface area (Å²) >= 11 is 0. The van der Waals surface area contributed by atoms with Crippen molar-refractivity contribution < 1.29 is 4.74 Å². The molecular formula is C19H19N3O2. The molecule has 0 saturated heterocycles. The standard InChI is InChI=1S/C19H19N3O2/c1-14-6-8-15(9-7-14)24-13-12-21-10-11-22-18(23)16-4-2-3-5-17(16)20-19(21)22/h2-9H,10-13H2,1H3. The summed E-state index contributed by atoms with van der Waals surface area (Å²) in [6, 6.07) is 15.5. The summed E-state index contributed by atoms with van der Waals surface area (Å²) in [5, 5.41) is 0.680. The SMILES string of the molecule is Cc1ccc(OCCN2CCn3c2nc2ccccc2c3=O)cc1. The Balaban J connectivity index is 1.51. The maximum absolute atomic E-state index is 12.6. The Bertz CT molecular complexity index is 931. The van der Waals surface area contributed by atoms with Crippen LogP contribution in [0.15, 0.2) is 53.3 Å². The van der Waals surface area contributed by atoms with E-state index >= 15 is 0 Å². The van der Waals surface area contributed by atoms with Gasteiger partial charge in [-0.25, -0.2) is 4.98 Å². The molecule has 122 valence electrons. The van der Waals surface area contributed by atoms with Crippen LogP contribution in [0.5, 0.6) is 5.75 Å². The number of ether oxygens (including phenoxy) is 1. The normalized spacial score (nSPS) is 13.3. The highest BCUT2D eigenvalue weighted by Gasteiger charge is 2.22. The molecule has 0 N–H and O–H groups in total. The molecule has 0 spiro atoms. The minimum Gasteiger partial charge on any atom is -0.492 e. The summed E-state index contributed by atoms with van der Waals surface area (Å²) in [7, 11) is 0. The first kappa shape index (κ1) is 14.8. The molecule has 0 saturated carbocycles. The molecule has 1 aliphatic heterocycles. The van der Waals surface area contributed by atoms with Crippen molar-refractivity contribution in [3.63, 3.8) is 0 Å². The second-order valence-corrected chi connectivity index (χ2v) is 6.03. The predicted octanol–water partition coefficient (Wildman–Crippen LogP) is 2.60. The maximum atomic E-state index is 12.6. The van der Waals surface area contributed by atoms with Gasteiger partial charge in [0.2, 0.25) is 5.95 Å². The van der Waals surface area contributed by atoms with Crippen molar-refractivity contribution in [2.75, 3.05) is 24.6 Å². The fourth-order valence-corrected chi connectivity index (χ4v) is 3.04. The van der Waals surface area contributed by atoms with E-state index in [1.54, 1.807) is 4.57 Å². The zero-order chi connectivity index (χ0) is 16.5. The predicted molar refractivity (Wildman–Crippen MR) is 94.9 cm³/mol. The highest BCUT2D eigenvalue weighted by atomic mass is 16.5. The van der Waals surface area contributed by atoms with E-state index in [1.165, 1.54) is 5.56 Å². The molecule has 0 radical (unpaired) electrons. The van der Waals surface area contributed by atoms with Gasteiger partial charge < -0.3 is 9.64 Å². The summed E-state index contributed by atoms with van der Waals surface area (Å²) in [5.74, 6) is 1.61. The van der Waals surface area contributed by atoms with Crippen LogP contribution in [0.1, 0.15) is 5.56 Å². The minimum atomic E-state index is 0.0394.